The van der Waals surface area contributed by atoms with Gasteiger partial charge in [0, 0.05) is 5.54 Å². The fourth-order valence-electron chi connectivity index (χ4n) is 5.18. The van der Waals surface area contributed by atoms with Gasteiger partial charge in [0.25, 0.3) is 10.1 Å². The maximum absolute atomic E-state index is 12.2. The van der Waals surface area contributed by atoms with Gasteiger partial charge in [-0.15, -0.1) is 0 Å². The van der Waals surface area contributed by atoms with E-state index >= 15 is 0 Å². The van der Waals surface area contributed by atoms with Crippen LogP contribution in [0.3, 0.4) is 0 Å². The molecule has 132 valence electrons. The molecule has 0 aromatic carbocycles. The van der Waals surface area contributed by atoms with Crippen molar-refractivity contribution in [3.05, 3.63) is 0 Å². The number of carbonyl (C=O) groups is 1. The molecule has 0 aromatic heterocycles. The third-order valence-corrected chi connectivity index (χ3v) is 6.02. The lowest BCUT2D eigenvalue weighted by atomic mass is 9.69. The van der Waals surface area contributed by atoms with E-state index in [1.54, 1.807) is 0 Å². The van der Waals surface area contributed by atoms with Gasteiger partial charge in [-0.1, -0.05) is 0 Å². The minimum absolute atomic E-state index is 0.121. The molecule has 4 saturated carbocycles. The molecule has 4 unspecified atom stereocenters. The average molecular weight is 345 g/mol. The summed E-state index contributed by atoms with van der Waals surface area (Å²) >= 11 is 0. The van der Waals surface area contributed by atoms with Crippen LogP contribution >= 0.6 is 0 Å². The Morgan fingerprint density at radius 1 is 1.26 bits per heavy atom. The quantitative estimate of drug-likeness (QED) is 0.792. The first-order valence-electron chi connectivity index (χ1n) is 8.26. The maximum Gasteiger partial charge on any atom is 0.408 e. The second-order valence-corrected chi connectivity index (χ2v) is 10.5. The zero-order chi connectivity index (χ0) is 17.1. The summed E-state index contributed by atoms with van der Waals surface area (Å²) in [5, 5.41) is 3.13. The van der Waals surface area contributed by atoms with Crippen LogP contribution in [0.15, 0.2) is 0 Å². The normalized spacial score (nSPS) is 38.8. The Morgan fingerprint density at radius 3 is 2.57 bits per heavy atom. The zero-order valence-corrected chi connectivity index (χ0v) is 15.2. The van der Waals surface area contributed by atoms with Crippen molar-refractivity contribution in [2.24, 2.45) is 17.3 Å². The maximum atomic E-state index is 12.2. The molecule has 6 nitrogen and oxygen atoms in total. The molecule has 4 fully saturated rings. The van der Waals surface area contributed by atoms with E-state index in [0.717, 1.165) is 38.4 Å². The third kappa shape index (κ3) is 3.50. The lowest BCUT2D eigenvalue weighted by Gasteiger charge is -2.40. The number of nitrogens with one attached hydrogen (secondary N) is 1. The average Bonchev–Trinajstić information content (AvgIpc) is 2.66. The van der Waals surface area contributed by atoms with E-state index in [4.69, 9.17) is 8.92 Å². The molecule has 4 bridgehead atoms. The van der Waals surface area contributed by atoms with Gasteiger partial charge < -0.3 is 10.1 Å². The number of carbonyl (C=O) groups excluding carboxylic acids is 1. The van der Waals surface area contributed by atoms with Crippen LogP contribution in [-0.2, 0) is 19.0 Å². The summed E-state index contributed by atoms with van der Waals surface area (Å²) in [6, 6.07) is 0. The molecule has 4 atom stereocenters. The Balaban J connectivity index is 1.71. The second-order valence-electron chi connectivity index (χ2n) is 8.84. The van der Waals surface area contributed by atoms with Gasteiger partial charge in [-0.3, -0.25) is 4.18 Å². The SMILES string of the molecule is CC(C)(C)OC(=O)NC12CC3CC1CC(COS(C)(=O)=O)(C3)C2. The van der Waals surface area contributed by atoms with Crippen molar-refractivity contribution < 1.29 is 22.1 Å². The minimum atomic E-state index is -3.43. The summed E-state index contributed by atoms with van der Waals surface area (Å²) in [5.74, 6) is 0.942. The fourth-order valence-corrected chi connectivity index (χ4v) is 5.64. The molecule has 0 aromatic rings. The smallest absolute Gasteiger partial charge is 0.408 e. The number of hydrogen-bond acceptors (Lipinski definition) is 5. The minimum Gasteiger partial charge on any atom is -0.444 e. The lowest BCUT2D eigenvalue weighted by molar-refractivity contribution is 0.0372. The first-order valence-corrected chi connectivity index (χ1v) is 10.1. The molecular formula is C16H27NO5S. The van der Waals surface area contributed by atoms with Crippen LogP contribution in [0.25, 0.3) is 0 Å². The van der Waals surface area contributed by atoms with E-state index in [1.807, 2.05) is 20.8 Å². The summed E-state index contributed by atoms with van der Waals surface area (Å²) in [5.41, 5.74) is -0.885. The molecule has 4 rings (SSSR count). The van der Waals surface area contributed by atoms with E-state index in [2.05, 4.69) is 5.32 Å². The molecule has 0 aliphatic heterocycles. The summed E-state index contributed by atoms with van der Waals surface area (Å²) in [6.45, 7) is 5.79. The van der Waals surface area contributed by atoms with Crippen LogP contribution < -0.4 is 5.32 Å². The van der Waals surface area contributed by atoms with Gasteiger partial charge in [0.15, 0.2) is 0 Å². The van der Waals surface area contributed by atoms with E-state index < -0.39 is 15.7 Å². The van der Waals surface area contributed by atoms with Crippen LogP contribution in [0.2, 0.25) is 0 Å². The number of amides is 1. The highest BCUT2D eigenvalue weighted by Crippen LogP contribution is 2.66. The zero-order valence-electron chi connectivity index (χ0n) is 14.3. The molecule has 4 aliphatic carbocycles. The summed E-state index contributed by atoms with van der Waals surface area (Å²) in [7, 11) is -3.43. The molecular weight excluding hydrogens is 318 g/mol. The van der Waals surface area contributed by atoms with Crippen LogP contribution in [0.4, 0.5) is 4.79 Å². The predicted molar refractivity (Wildman–Crippen MR) is 85.4 cm³/mol. The third-order valence-electron chi connectivity index (χ3n) is 5.47. The number of alkyl carbamates (subject to hydrolysis) is 1. The first kappa shape index (κ1) is 17.0. The van der Waals surface area contributed by atoms with Crippen LogP contribution in [0.5, 0.6) is 0 Å². The molecule has 0 saturated heterocycles. The summed E-state index contributed by atoms with van der Waals surface area (Å²) < 4.78 is 33.2. The van der Waals surface area contributed by atoms with Crippen molar-refractivity contribution >= 4 is 16.2 Å². The van der Waals surface area contributed by atoms with Gasteiger partial charge in [0.2, 0.25) is 0 Å². The van der Waals surface area contributed by atoms with Crippen molar-refractivity contribution in [1.29, 1.82) is 0 Å². The topological polar surface area (TPSA) is 81.7 Å². The molecule has 0 radical (unpaired) electrons. The van der Waals surface area contributed by atoms with E-state index in [9.17, 15) is 13.2 Å². The number of ether oxygens (including phenoxy) is 1. The molecule has 7 heteroatoms. The highest BCUT2D eigenvalue weighted by Gasteiger charge is 2.65. The number of rotatable bonds is 4. The van der Waals surface area contributed by atoms with Gasteiger partial charge in [0.1, 0.15) is 5.60 Å². The number of hydrogen-bond donors (Lipinski definition) is 1. The largest absolute Gasteiger partial charge is 0.444 e. The Kier molecular flexibility index (Phi) is 3.76. The fraction of sp³-hybridized carbons (Fsp3) is 0.938. The van der Waals surface area contributed by atoms with Crippen LogP contribution in [0.1, 0.15) is 52.9 Å². The predicted octanol–water partition coefficient (Wildman–Crippen LogP) is 2.44. The molecule has 4 aliphatic rings. The van der Waals surface area contributed by atoms with Crippen LogP contribution in [-0.4, -0.2) is 38.5 Å². The first-order chi connectivity index (χ1) is 10.4. The molecule has 0 spiro atoms. The van der Waals surface area contributed by atoms with Crippen molar-refractivity contribution in [2.45, 2.75) is 64.0 Å². The summed E-state index contributed by atoms with van der Waals surface area (Å²) in [4.78, 5) is 12.2. The molecule has 1 N–H and O–H groups in total. The van der Waals surface area contributed by atoms with E-state index in [1.165, 1.54) is 0 Å². The molecule has 1 amide bonds. The standard InChI is InChI=1S/C16H27NO5S/c1-14(2,3)22-13(18)17-16-7-11-5-12(16)8-15(6-11,9-16)10-21-23(4,19)20/h11-12H,5-10H2,1-4H3,(H,17,18). The van der Waals surface area contributed by atoms with Crippen LogP contribution in [0, 0.1) is 17.3 Å². The van der Waals surface area contributed by atoms with Gasteiger partial charge in [-0.05, 0) is 70.1 Å². The van der Waals surface area contributed by atoms with E-state index in [-0.39, 0.29) is 23.7 Å². The Morgan fingerprint density at radius 2 is 1.96 bits per heavy atom. The van der Waals surface area contributed by atoms with Gasteiger partial charge in [0.05, 0.1) is 12.9 Å². The monoisotopic (exact) mass is 345 g/mol. The van der Waals surface area contributed by atoms with Crippen molar-refractivity contribution in [2.75, 3.05) is 12.9 Å². The van der Waals surface area contributed by atoms with Gasteiger partial charge in [-0.25, -0.2) is 4.79 Å². The van der Waals surface area contributed by atoms with Gasteiger partial charge in [-0.2, -0.15) is 8.42 Å². The van der Waals surface area contributed by atoms with Crippen molar-refractivity contribution in [1.82, 2.24) is 5.32 Å². The Bertz CT molecular complexity index is 610. The lowest BCUT2D eigenvalue weighted by Crippen LogP contribution is -2.52. The van der Waals surface area contributed by atoms with Crippen molar-refractivity contribution in [3.8, 4) is 0 Å². The second kappa shape index (κ2) is 5.09. The van der Waals surface area contributed by atoms with Crippen molar-refractivity contribution in [3.63, 3.8) is 0 Å². The van der Waals surface area contributed by atoms with Gasteiger partial charge >= 0.3 is 6.09 Å². The Hall–Kier alpha value is -0.820. The highest BCUT2D eigenvalue weighted by molar-refractivity contribution is 7.85. The molecule has 0 heterocycles. The summed E-state index contributed by atoms with van der Waals surface area (Å²) in [6.07, 6.45) is 5.51. The molecule has 23 heavy (non-hydrogen) atoms. The Labute approximate surface area is 138 Å². The van der Waals surface area contributed by atoms with E-state index in [0.29, 0.717) is 11.8 Å². The highest BCUT2D eigenvalue weighted by atomic mass is 32.2.